The van der Waals surface area contributed by atoms with Gasteiger partial charge in [-0.25, -0.2) is 23.5 Å². The maximum Gasteiger partial charge on any atom is 0.318 e. The third-order valence-electron chi connectivity index (χ3n) is 6.60. The molecule has 1 unspecified atom stereocenters. The lowest BCUT2D eigenvalue weighted by Gasteiger charge is -2.31. The molecule has 0 aliphatic heterocycles. The fourth-order valence-corrected chi connectivity index (χ4v) is 4.40. The molecule has 3 aromatic heterocycles. The zero-order valence-corrected chi connectivity index (χ0v) is 23.2. The molecule has 8 nitrogen and oxygen atoms in total. The van der Waals surface area contributed by atoms with Gasteiger partial charge in [-0.1, -0.05) is 12.2 Å². The van der Waals surface area contributed by atoms with Crippen LogP contribution < -0.4 is 10.1 Å². The van der Waals surface area contributed by atoms with Crippen LogP contribution in [-0.2, 0) is 0 Å². The summed E-state index contributed by atoms with van der Waals surface area (Å²) in [7, 11) is 0. The Bertz CT molecular complexity index is 1290. The maximum atomic E-state index is 13.4. The van der Waals surface area contributed by atoms with Gasteiger partial charge in [0.05, 0.1) is 18.3 Å². The van der Waals surface area contributed by atoms with Crippen molar-refractivity contribution in [2.45, 2.75) is 71.4 Å². The minimum Gasteiger partial charge on any atom is -0.475 e. The summed E-state index contributed by atoms with van der Waals surface area (Å²) in [5.74, 6) is -2.39. The molecule has 0 saturated heterocycles. The number of hydrogen-bond acceptors (Lipinski definition) is 5. The van der Waals surface area contributed by atoms with Gasteiger partial charge >= 0.3 is 6.03 Å². The predicted octanol–water partition coefficient (Wildman–Crippen LogP) is 6.53. The summed E-state index contributed by atoms with van der Waals surface area (Å²) in [5.41, 5.74) is 3.60. The van der Waals surface area contributed by atoms with Crippen LogP contribution in [0.15, 0.2) is 56.0 Å². The number of rotatable bonds is 14. The molecule has 3 rings (SSSR count). The van der Waals surface area contributed by atoms with Crippen LogP contribution in [0.2, 0.25) is 0 Å². The highest BCUT2D eigenvalue weighted by Crippen LogP contribution is 2.29. The molecule has 0 aliphatic carbocycles. The van der Waals surface area contributed by atoms with E-state index in [9.17, 15) is 13.6 Å². The van der Waals surface area contributed by atoms with E-state index in [1.165, 1.54) is 0 Å². The molecule has 10 heteroatoms. The minimum atomic E-state index is -2.79. The summed E-state index contributed by atoms with van der Waals surface area (Å²) in [6.07, 6.45) is 9.57. The second-order valence-electron chi connectivity index (χ2n) is 9.61. The topological polar surface area (TPSA) is 84.6 Å². The molecule has 0 bridgehead atoms. The lowest BCUT2D eigenvalue weighted by Crippen LogP contribution is -2.46. The van der Waals surface area contributed by atoms with Gasteiger partial charge in [-0.3, -0.25) is 9.38 Å². The molecule has 2 amide bonds. The zero-order chi connectivity index (χ0) is 28.6. The van der Waals surface area contributed by atoms with Gasteiger partial charge < -0.3 is 15.0 Å². The zero-order valence-electron chi connectivity index (χ0n) is 23.2. The molecule has 39 heavy (non-hydrogen) atoms. The number of fused-ring (bicyclic) bond motifs is 1. The van der Waals surface area contributed by atoms with Crippen LogP contribution in [0.25, 0.3) is 17.0 Å². The number of nitrogens with zero attached hydrogens (tertiary/aromatic N) is 5. The number of aryl methyl sites for hydroxylation is 1. The Hall–Kier alpha value is -3.82. The Morgan fingerprint density at radius 1 is 1.28 bits per heavy atom. The SMILES string of the molecule is C=CCCOc1nc(-c2cc(C(C)N(CC)C(=O)N[C@H](CC=C)CCC(C)(F)F)ccn2)c(C)n2ccnc12. The second-order valence-corrected chi connectivity index (χ2v) is 9.61. The van der Waals surface area contributed by atoms with E-state index in [-0.39, 0.29) is 24.9 Å². The number of aromatic nitrogens is 4. The summed E-state index contributed by atoms with van der Waals surface area (Å²) in [5, 5.41) is 2.92. The van der Waals surface area contributed by atoms with Gasteiger partial charge in [0.25, 0.3) is 5.88 Å². The number of imidazole rings is 1. The molecule has 0 aromatic carbocycles. The van der Waals surface area contributed by atoms with Gasteiger partial charge in [0.2, 0.25) is 11.6 Å². The van der Waals surface area contributed by atoms with Crippen molar-refractivity contribution in [1.29, 1.82) is 0 Å². The largest absolute Gasteiger partial charge is 0.475 e. The molecule has 0 radical (unpaired) electrons. The van der Waals surface area contributed by atoms with Crippen molar-refractivity contribution in [1.82, 2.24) is 29.6 Å². The quantitative estimate of drug-likeness (QED) is 0.186. The van der Waals surface area contributed by atoms with E-state index in [1.54, 1.807) is 29.4 Å². The van der Waals surface area contributed by atoms with Crippen molar-refractivity contribution < 1.29 is 18.3 Å². The number of hydrogen-bond donors (Lipinski definition) is 1. The van der Waals surface area contributed by atoms with Crippen LogP contribution in [0, 0.1) is 6.92 Å². The standard InChI is InChI=1S/C29H38F2N6O2/c1-7-10-18-39-27-26-33-16-17-37(26)21(5)25(35-27)24-19-22(13-15-32-24)20(4)36(9-3)28(38)34-23(11-8-2)12-14-29(6,30)31/h7-8,13,15-17,19-20,23H,1-2,9-12,14,18H2,3-6H3,(H,34,38)/t20?,23-/m1/s1. The Kier molecular flexibility index (Phi) is 10.1. The molecule has 1 N–H and O–H groups in total. The van der Waals surface area contributed by atoms with E-state index in [0.717, 1.165) is 18.2 Å². The van der Waals surface area contributed by atoms with Gasteiger partial charge in [0, 0.05) is 43.3 Å². The van der Waals surface area contributed by atoms with Crippen LogP contribution in [0.5, 0.6) is 5.88 Å². The molecule has 3 heterocycles. The Labute approximate surface area is 228 Å². The second kappa shape index (κ2) is 13.3. The first kappa shape index (κ1) is 29.7. The van der Waals surface area contributed by atoms with Crippen molar-refractivity contribution in [2.75, 3.05) is 13.2 Å². The van der Waals surface area contributed by atoms with Gasteiger partial charge in [-0.05, 0) is 64.7 Å². The van der Waals surface area contributed by atoms with E-state index in [1.807, 2.05) is 43.5 Å². The van der Waals surface area contributed by atoms with Crippen LogP contribution in [0.3, 0.4) is 0 Å². The molecule has 0 fully saturated rings. The van der Waals surface area contributed by atoms with Crippen molar-refractivity contribution in [3.63, 3.8) is 0 Å². The van der Waals surface area contributed by atoms with Gasteiger partial charge in [0.1, 0.15) is 5.69 Å². The number of carbonyl (C=O) groups excluding carboxylic acids is 1. The van der Waals surface area contributed by atoms with Gasteiger partial charge in [-0.15, -0.1) is 13.2 Å². The Morgan fingerprint density at radius 2 is 2.05 bits per heavy atom. The summed E-state index contributed by atoms with van der Waals surface area (Å²) in [4.78, 5) is 28.6. The molecule has 0 spiro atoms. The third kappa shape index (κ3) is 7.61. The number of nitrogens with one attached hydrogen (secondary N) is 1. The lowest BCUT2D eigenvalue weighted by atomic mass is 10.0. The monoisotopic (exact) mass is 540 g/mol. The number of amides is 2. The van der Waals surface area contributed by atoms with Gasteiger partial charge in [0.15, 0.2) is 0 Å². The molecule has 0 aliphatic rings. The number of alkyl halides is 2. The smallest absolute Gasteiger partial charge is 0.318 e. The minimum absolute atomic E-state index is 0.158. The fraction of sp³-hybridized carbons (Fsp3) is 0.448. The van der Waals surface area contributed by atoms with E-state index >= 15 is 0 Å². The average molecular weight is 541 g/mol. The summed E-state index contributed by atoms with van der Waals surface area (Å²) >= 11 is 0. The van der Waals surface area contributed by atoms with E-state index < -0.39 is 12.0 Å². The van der Waals surface area contributed by atoms with Crippen molar-refractivity contribution in [3.8, 4) is 17.3 Å². The number of halogens is 2. The molecule has 3 aromatic rings. The first-order valence-electron chi connectivity index (χ1n) is 13.2. The van der Waals surface area contributed by atoms with Crippen molar-refractivity contribution >= 4 is 11.7 Å². The Morgan fingerprint density at radius 3 is 2.72 bits per heavy atom. The summed E-state index contributed by atoms with van der Waals surface area (Å²) in [6.45, 7) is 14.9. The average Bonchev–Trinajstić information content (AvgIpc) is 3.40. The predicted molar refractivity (Wildman–Crippen MR) is 149 cm³/mol. The highest BCUT2D eigenvalue weighted by molar-refractivity contribution is 5.75. The molecule has 2 atom stereocenters. The number of pyridine rings is 1. The number of carbonyl (C=O) groups is 1. The highest BCUT2D eigenvalue weighted by atomic mass is 19.3. The highest BCUT2D eigenvalue weighted by Gasteiger charge is 2.26. The molecular weight excluding hydrogens is 502 g/mol. The first-order chi connectivity index (χ1) is 18.6. The molecular formula is C29H38F2N6O2. The van der Waals surface area contributed by atoms with E-state index in [4.69, 9.17) is 9.72 Å². The fourth-order valence-electron chi connectivity index (χ4n) is 4.40. The molecule has 210 valence electrons. The van der Waals surface area contributed by atoms with Crippen LogP contribution >= 0.6 is 0 Å². The summed E-state index contributed by atoms with van der Waals surface area (Å²) in [6, 6.07) is 2.71. The van der Waals surface area contributed by atoms with Crippen LogP contribution in [-0.4, -0.2) is 55.4 Å². The summed E-state index contributed by atoms with van der Waals surface area (Å²) < 4.78 is 34.7. The van der Waals surface area contributed by atoms with Crippen molar-refractivity contribution in [2.24, 2.45) is 0 Å². The number of urea groups is 1. The van der Waals surface area contributed by atoms with E-state index in [0.29, 0.717) is 48.9 Å². The lowest BCUT2D eigenvalue weighted by molar-refractivity contribution is 0.00841. The van der Waals surface area contributed by atoms with E-state index in [2.05, 4.69) is 28.4 Å². The van der Waals surface area contributed by atoms with Gasteiger partial charge in [-0.2, -0.15) is 0 Å². The maximum absolute atomic E-state index is 13.4. The van der Waals surface area contributed by atoms with Crippen LogP contribution in [0.4, 0.5) is 13.6 Å². The third-order valence-corrected chi connectivity index (χ3v) is 6.60. The van der Waals surface area contributed by atoms with Crippen LogP contribution in [0.1, 0.15) is 63.8 Å². The number of ether oxygens (including phenoxy) is 1. The Balaban J connectivity index is 1.86. The van der Waals surface area contributed by atoms with Crippen molar-refractivity contribution in [3.05, 3.63) is 67.3 Å². The molecule has 0 saturated carbocycles. The normalized spacial score (nSPS) is 13.1. The first-order valence-corrected chi connectivity index (χ1v) is 13.2.